The van der Waals surface area contributed by atoms with Gasteiger partial charge in [-0.15, -0.1) is 6.58 Å². The molecule has 2 heterocycles. The fourth-order valence-electron chi connectivity index (χ4n) is 4.23. The Morgan fingerprint density at radius 3 is 2.43 bits per heavy atom. The van der Waals surface area contributed by atoms with Gasteiger partial charge in [-0.3, -0.25) is 9.10 Å². The molecule has 1 aromatic heterocycles. The zero-order valence-corrected chi connectivity index (χ0v) is 21.9. The number of fused-ring (bicyclic) bond motifs is 2. The van der Waals surface area contributed by atoms with Gasteiger partial charge in [0, 0.05) is 18.7 Å². The number of allylic oxidation sites excluding steroid dienone is 1. The fraction of sp³-hybridized carbons (Fsp3) is 0.120. The van der Waals surface area contributed by atoms with Gasteiger partial charge in [0.2, 0.25) is 10.0 Å². The number of benzene rings is 3. The molecule has 1 aliphatic heterocycles. The Bertz CT molecular complexity index is 1840. The van der Waals surface area contributed by atoms with Crippen LogP contribution in [0.15, 0.2) is 94.2 Å². The van der Waals surface area contributed by atoms with Crippen LogP contribution in [0.2, 0.25) is 0 Å². The van der Waals surface area contributed by atoms with Crippen molar-refractivity contribution in [2.24, 2.45) is 10.1 Å². The lowest BCUT2D eigenvalue weighted by atomic mass is 10.2. The maximum atomic E-state index is 13.2. The first-order valence-corrected chi connectivity index (χ1v) is 15.0. The summed E-state index contributed by atoms with van der Waals surface area (Å²) < 4.78 is 53.7. The lowest BCUT2D eigenvalue weighted by Crippen LogP contribution is -2.29. The lowest BCUT2D eigenvalue weighted by Gasteiger charge is -2.19. The van der Waals surface area contributed by atoms with Crippen LogP contribution < -0.4 is 14.2 Å². The number of sulfonamides is 2. The standard InChI is InChI=1S/C25H22N4O5S3/c1-2-14-28-22-12-11-20(36(26,31)32)16-23(22)35-25(28)27-24(30)18-7-9-19(10-8-18)37(33,34)29-15-13-17-5-3-4-6-21(17)29/h2-12,16H,1,13-15H2,(H2,26,31,32). The van der Waals surface area contributed by atoms with Crippen molar-refractivity contribution in [1.29, 1.82) is 0 Å². The number of thiazole rings is 1. The molecular weight excluding hydrogens is 532 g/mol. The van der Waals surface area contributed by atoms with Gasteiger partial charge in [-0.25, -0.2) is 22.0 Å². The Kier molecular flexibility index (Phi) is 6.36. The molecule has 0 radical (unpaired) electrons. The highest BCUT2D eigenvalue weighted by Gasteiger charge is 2.30. The molecule has 3 aromatic carbocycles. The van der Waals surface area contributed by atoms with Crippen LogP contribution in [0.5, 0.6) is 0 Å². The quantitative estimate of drug-likeness (QED) is 0.366. The van der Waals surface area contributed by atoms with E-state index in [-0.39, 0.29) is 15.4 Å². The molecule has 0 atom stereocenters. The van der Waals surface area contributed by atoms with Crippen LogP contribution in [0.4, 0.5) is 5.69 Å². The van der Waals surface area contributed by atoms with E-state index in [1.165, 1.54) is 40.7 Å². The minimum Gasteiger partial charge on any atom is -0.312 e. The first-order valence-electron chi connectivity index (χ1n) is 11.2. The Morgan fingerprint density at radius 1 is 1.03 bits per heavy atom. The highest BCUT2D eigenvalue weighted by molar-refractivity contribution is 7.92. The number of hydrogen-bond acceptors (Lipinski definition) is 6. The number of primary sulfonamides is 1. The van der Waals surface area contributed by atoms with E-state index in [9.17, 15) is 21.6 Å². The molecule has 0 saturated heterocycles. The van der Waals surface area contributed by atoms with Gasteiger partial charge in [0.15, 0.2) is 4.80 Å². The second-order valence-electron chi connectivity index (χ2n) is 8.36. The molecule has 1 amide bonds. The predicted octanol–water partition coefficient (Wildman–Crippen LogP) is 3.03. The maximum Gasteiger partial charge on any atom is 0.279 e. The highest BCUT2D eigenvalue weighted by atomic mass is 32.2. The summed E-state index contributed by atoms with van der Waals surface area (Å²) in [7, 11) is -7.67. The van der Waals surface area contributed by atoms with Gasteiger partial charge < -0.3 is 4.57 Å². The van der Waals surface area contributed by atoms with E-state index in [4.69, 9.17) is 5.14 Å². The Labute approximate surface area is 217 Å². The van der Waals surface area contributed by atoms with Crippen LogP contribution >= 0.6 is 11.3 Å². The fourth-order valence-corrected chi connectivity index (χ4v) is 7.42. The van der Waals surface area contributed by atoms with E-state index in [1.54, 1.807) is 28.8 Å². The second kappa shape index (κ2) is 9.38. The van der Waals surface area contributed by atoms with Crippen LogP contribution in [-0.2, 0) is 33.0 Å². The molecule has 0 saturated carbocycles. The number of hydrogen-bond donors (Lipinski definition) is 1. The third-order valence-corrected chi connectivity index (χ3v) is 9.80. The van der Waals surface area contributed by atoms with E-state index >= 15 is 0 Å². The Morgan fingerprint density at radius 2 is 1.73 bits per heavy atom. The summed E-state index contributed by atoms with van der Waals surface area (Å²) in [5, 5.41) is 5.24. The summed E-state index contributed by atoms with van der Waals surface area (Å²) in [6.45, 7) is 4.44. The smallest absolute Gasteiger partial charge is 0.279 e. The summed E-state index contributed by atoms with van der Waals surface area (Å²) in [6.07, 6.45) is 2.28. The minimum absolute atomic E-state index is 0.0395. The molecule has 0 spiro atoms. The van der Waals surface area contributed by atoms with Crippen LogP contribution in [0.25, 0.3) is 10.2 Å². The second-order valence-corrected chi connectivity index (χ2v) is 12.8. The predicted molar refractivity (Wildman–Crippen MR) is 142 cm³/mol. The molecule has 4 aromatic rings. The van der Waals surface area contributed by atoms with Crippen molar-refractivity contribution in [3.63, 3.8) is 0 Å². The van der Waals surface area contributed by atoms with E-state index in [0.717, 1.165) is 16.9 Å². The molecule has 9 nitrogen and oxygen atoms in total. The zero-order valence-electron chi connectivity index (χ0n) is 19.4. The van der Waals surface area contributed by atoms with E-state index in [2.05, 4.69) is 11.6 Å². The topological polar surface area (TPSA) is 132 Å². The molecule has 190 valence electrons. The van der Waals surface area contributed by atoms with Gasteiger partial charge in [-0.1, -0.05) is 35.6 Å². The van der Waals surface area contributed by atoms with Gasteiger partial charge in [0.25, 0.3) is 15.9 Å². The van der Waals surface area contributed by atoms with Gasteiger partial charge in [-0.2, -0.15) is 4.99 Å². The van der Waals surface area contributed by atoms with Crippen LogP contribution in [-0.4, -0.2) is 33.9 Å². The molecule has 1 aliphatic rings. The number of nitrogens with zero attached hydrogens (tertiary/aromatic N) is 3. The van der Waals surface area contributed by atoms with Crippen molar-refractivity contribution in [3.05, 3.63) is 95.3 Å². The third-order valence-electron chi connectivity index (χ3n) is 6.03. The molecule has 0 unspecified atom stereocenters. The number of aromatic nitrogens is 1. The summed E-state index contributed by atoms with van der Waals surface area (Å²) in [4.78, 5) is 17.6. The van der Waals surface area contributed by atoms with Crippen LogP contribution in [0.1, 0.15) is 15.9 Å². The SMILES string of the molecule is C=CCn1c(=NC(=O)c2ccc(S(=O)(=O)N3CCc4ccccc43)cc2)sc2cc(S(N)(=O)=O)ccc21. The van der Waals surface area contributed by atoms with Crippen molar-refractivity contribution < 1.29 is 21.6 Å². The average molecular weight is 555 g/mol. The summed E-state index contributed by atoms with van der Waals surface area (Å²) >= 11 is 1.14. The minimum atomic E-state index is -3.89. The first-order chi connectivity index (χ1) is 17.6. The molecule has 37 heavy (non-hydrogen) atoms. The molecule has 2 N–H and O–H groups in total. The number of carbonyl (C=O) groups excluding carboxylic acids is 1. The van der Waals surface area contributed by atoms with Crippen LogP contribution in [0.3, 0.4) is 0 Å². The maximum absolute atomic E-state index is 13.2. The zero-order chi connectivity index (χ0) is 26.4. The number of para-hydroxylation sites is 1. The monoisotopic (exact) mass is 554 g/mol. The van der Waals surface area contributed by atoms with Crippen molar-refractivity contribution in [3.8, 4) is 0 Å². The largest absolute Gasteiger partial charge is 0.312 e. The van der Waals surface area contributed by atoms with Crippen molar-refractivity contribution in [1.82, 2.24) is 4.57 Å². The molecule has 0 bridgehead atoms. The average Bonchev–Trinajstić information content (AvgIpc) is 3.45. The van der Waals surface area contributed by atoms with Crippen LogP contribution in [0, 0.1) is 0 Å². The lowest BCUT2D eigenvalue weighted by molar-refractivity contribution is 0.0997. The molecule has 0 fully saturated rings. The molecule has 12 heteroatoms. The van der Waals surface area contributed by atoms with Gasteiger partial charge >= 0.3 is 0 Å². The third kappa shape index (κ3) is 4.64. The highest BCUT2D eigenvalue weighted by Crippen LogP contribution is 2.32. The summed E-state index contributed by atoms with van der Waals surface area (Å²) in [5.41, 5.74) is 2.54. The molecule has 5 rings (SSSR count). The Hall–Kier alpha value is -3.58. The van der Waals surface area contributed by atoms with E-state index in [0.29, 0.717) is 40.2 Å². The number of rotatable bonds is 6. The summed E-state index contributed by atoms with van der Waals surface area (Å²) in [6, 6.07) is 17.5. The van der Waals surface area contributed by atoms with Crippen molar-refractivity contribution >= 4 is 53.2 Å². The summed E-state index contributed by atoms with van der Waals surface area (Å²) in [5.74, 6) is -0.563. The van der Waals surface area contributed by atoms with Gasteiger partial charge in [0.05, 0.1) is 25.7 Å². The van der Waals surface area contributed by atoms with E-state index < -0.39 is 26.0 Å². The normalized spacial score (nSPS) is 14.2. The Balaban J connectivity index is 1.48. The number of anilines is 1. The number of nitrogens with two attached hydrogens (primary N) is 1. The van der Waals surface area contributed by atoms with Gasteiger partial charge in [0.1, 0.15) is 0 Å². The van der Waals surface area contributed by atoms with Crippen molar-refractivity contribution in [2.45, 2.75) is 22.8 Å². The number of amides is 1. The van der Waals surface area contributed by atoms with Crippen molar-refractivity contribution in [2.75, 3.05) is 10.8 Å². The first kappa shape index (κ1) is 25.1. The van der Waals surface area contributed by atoms with E-state index in [1.807, 2.05) is 12.1 Å². The molecule has 0 aliphatic carbocycles. The number of carbonyl (C=O) groups is 1. The van der Waals surface area contributed by atoms with Gasteiger partial charge in [-0.05, 0) is 60.5 Å². The molecular formula is C25H22N4O5S3.